The van der Waals surface area contributed by atoms with Crippen molar-refractivity contribution in [1.82, 2.24) is 10.3 Å². The van der Waals surface area contributed by atoms with Gasteiger partial charge in [-0.2, -0.15) is 0 Å². The van der Waals surface area contributed by atoms with Gasteiger partial charge in [0.1, 0.15) is 5.01 Å². The summed E-state index contributed by atoms with van der Waals surface area (Å²) in [7, 11) is 0. The summed E-state index contributed by atoms with van der Waals surface area (Å²) < 4.78 is 0. The molecule has 1 aliphatic heterocycles. The maximum Gasteiger partial charge on any atom is 0.257 e. The van der Waals surface area contributed by atoms with Gasteiger partial charge in [-0.3, -0.25) is 9.59 Å². The third kappa shape index (κ3) is 4.25. The van der Waals surface area contributed by atoms with E-state index in [9.17, 15) is 14.7 Å². The molecule has 0 saturated carbocycles. The Morgan fingerprint density at radius 2 is 2.12 bits per heavy atom. The monoisotopic (exact) mass is 472 g/mol. The van der Waals surface area contributed by atoms with Crippen molar-refractivity contribution in [3.63, 3.8) is 0 Å². The third-order valence-electron chi connectivity index (χ3n) is 5.85. The van der Waals surface area contributed by atoms with E-state index in [-0.39, 0.29) is 11.8 Å². The fourth-order valence-electron chi connectivity index (χ4n) is 4.13. The van der Waals surface area contributed by atoms with Crippen LogP contribution in [0.4, 0.5) is 17.1 Å². The highest BCUT2D eigenvalue weighted by molar-refractivity contribution is 7.12. The van der Waals surface area contributed by atoms with E-state index in [1.165, 1.54) is 11.3 Å². The van der Waals surface area contributed by atoms with Gasteiger partial charge in [-0.25, -0.2) is 4.98 Å². The first-order valence-corrected chi connectivity index (χ1v) is 12.0. The number of fused-ring (bicyclic) bond motifs is 2. The van der Waals surface area contributed by atoms with E-state index in [1.54, 1.807) is 30.5 Å². The molecule has 0 saturated heterocycles. The molecule has 3 aromatic rings. The molecule has 1 atom stereocenters. The number of nitrogens with zero attached hydrogens (tertiary/aromatic N) is 2. The molecule has 5 rings (SSSR count). The van der Waals surface area contributed by atoms with Gasteiger partial charge in [0, 0.05) is 28.8 Å². The minimum atomic E-state index is -0.438. The molecule has 2 aromatic carbocycles. The minimum Gasteiger partial charge on any atom is -0.389 e. The molecule has 1 aromatic heterocycles. The van der Waals surface area contributed by atoms with Crippen molar-refractivity contribution in [3.8, 4) is 0 Å². The number of hydrogen-bond acceptors (Lipinski definition) is 6. The highest BCUT2D eigenvalue weighted by atomic mass is 32.1. The largest absolute Gasteiger partial charge is 0.389 e. The fraction of sp³-hybridized carbons (Fsp3) is 0.192. The van der Waals surface area contributed by atoms with E-state index in [1.807, 2.05) is 43.3 Å². The summed E-state index contributed by atoms with van der Waals surface area (Å²) in [5.41, 5.74) is 4.35. The van der Waals surface area contributed by atoms with Crippen LogP contribution in [-0.2, 0) is 6.54 Å². The van der Waals surface area contributed by atoms with Gasteiger partial charge in [0.15, 0.2) is 0 Å². The second kappa shape index (κ2) is 9.24. The molecule has 2 amide bonds. The molecule has 0 fully saturated rings. The van der Waals surface area contributed by atoms with Gasteiger partial charge >= 0.3 is 0 Å². The zero-order valence-corrected chi connectivity index (χ0v) is 19.4. The first kappa shape index (κ1) is 22.1. The number of anilines is 3. The Morgan fingerprint density at radius 3 is 2.91 bits per heavy atom. The lowest BCUT2D eigenvalue weighted by Gasteiger charge is -2.24. The number of thiazole rings is 1. The number of benzene rings is 2. The van der Waals surface area contributed by atoms with Gasteiger partial charge in [-0.15, -0.1) is 11.3 Å². The lowest BCUT2D eigenvalue weighted by Crippen LogP contribution is -2.23. The Labute approximate surface area is 201 Å². The number of amides is 2. The van der Waals surface area contributed by atoms with Gasteiger partial charge in [-0.05, 0) is 43.7 Å². The Bertz CT molecular complexity index is 1330. The van der Waals surface area contributed by atoms with Crippen molar-refractivity contribution in [2.75, 3.05) is 16.8 Å². The SMILES string of the molecule is CCN1c2ccc(C(=O)NCc3cnc(C4=CCC(O)C=C4)s3)cc2NC(=O)c2ccccc21. The number of aliphatic hydroxyl groups is 1. The van der Waals surface area contributed by atoms with E-state index >= 15 is 0 Å². The molecule has 1 unspecified atom stereocenters. The van der Waals surface area contributed by atoms with Gasteiger partial charge in [0.2, 0.25) is 0 Å². The van der Waals surface area contributed by atoms with Gasteiger partial charge < -0.3 is 20.6 Å². The van der Waals surface area contributed by atoms with Crippen molar-refractivity contribution < 1.29 is 14.7 Å². The number of aliphatic hydroxyl groups excluding tert-OH is 1. The maximum atomic E-state index is 12.9. The fourth-order valence-corrected chi connectivity index (χ4v) is 5.01. The number of rotatable bonds is 5. The molecule has 0 spiro atoms. The van der Waals surface area contributed by atoms with Crippen molar-refractivity contribution in [2.45, 2.75) is 26.0 Å². The summed E-state index contributed by atoms with van der Waals surface area (Å²) in [5.74, 6) is -0.419. The van der Waals surface area contributed by atoms with Crippen LogP contribution in [0.5, 0.6) is 0 Å². The molecule has 0 radical (unpaired) electrons. The third-order valence-corrected chi connectivity index (χ3v) is 6.90. The van der Waals surface area contributed by atoms with Gasteiger partial charge in [0.05, 0.1) is 35.3 Å². The quantitative estimate of drug-likeness (QED) is 0.508. The Morgan fingerprint density at radius 1 is 1.26 bits per heavy atom. The number of allylic oxidation sites excluding steroid dienone is 2. The van der Waals surface area contributed by atoms with Crippen LogP contribution in [0, 0.1) is 0 Å². The first-order valence-electron chi connectivity index (χ1n) is 11.1. The lowest BCUT2D eigenvalue weighted by molar-refractivity contribution is 0.0950. The van der Waals surface area contributed by atoms with Crippen LogP contribution in [0.1, 0.15) is 43.9 Å². The van der Waals surface area contributed by atoms with Gasteiger partial charge in [0.25, 0.3) is 11.8 Å². The van der Waals surface area contributed by atoms with Crippen LogP contribution in [0.15, 0.2) is 66.9 Å². The summed E-state index contributed by atoms with van der Waals surface area (Å²) in [4.78, 5) is 33.1. The molecule has 7 nitrogen and oxygen atoms in total. The molecule has 3 N–H and O–H groups in total. The Balaban J connectivity index is 1.31. The molecule has 2 aliphatic rings. The smallest absolute Gasteiger partial charge is 0.257 e. The van der Waals surface area contributed by atoms with E-state index in [4.69, 9.17) is 0 Å². The second-order valence-corrected chi connectivity index (χ2v) is 9.20. The summed E-state index contributed by atoms with van der Waals surface area (Å²) >= 11 is 1.51. The summed E-state index contributed by atoms with van der Waals surface area (Å²) in [6, 6.07) is 12.9. The molecule has 8 heteroatoms. The number of aromatic nitrogens is 1. The lowest BCUT2D eigenvalue weighted by atomic mass is 10.1. The standard InChI is InChI=1S/C26H24N4O3S/c1-2-30-22-6-4-3-5-20(22)25(33)29-21-13-17(9-12-23(21)30)24(32)27-14-19-15-28-26(34-19)16-7-10-18(31)11-8-16/h3-10,12-13,15,18,31H,2,11,14H2,1H3,(H,27,32)(H,29,33). The van der Waals surface area contributed by atoms with Crippen LogP contribution in [0.3, 0.4) is 0 Å². The van der Waals surface area contributed by atoms with Crippen LogP contribution < -0.4 is 15.5 Å². The number of hydrogen-bond donors (Lipinski definition) is 3. The number of nitrogens with one attached hydrogen (secondary N) is 2. The van der Waals surface area contributed by atoms with Crippen LogP contribution in [0.25, 0.3) is 5.57 Å². The minimum absolute atomic E-state index is 0.193. The average Bonchev–Trinajstić information content (AvgIpc) is 3.29. The van der Waals surface area contributed by atoms with Crippen LogP contribution in [-0.4, -0.2) is 34.6 Å². The average molecular weight is 473 g/mol. The van der Waals surface area contributed by atoms with Crippen molar-refractivity contribution in [1.29, 1.82) is 0 Å². The summed E-state index contributed by atoms with van der Waals surface area (Å²) in [6.45, 7) is 3.07. The molecular weight excluding hydrogens is 448 g/mol. The summed E-state index contributed by atoms with van der Waals surface area (Å²) in [5, 5.41) is 16.3. The topological polar surface area (TPSA) is 94.6 Å². The molecule has 0 bridgehead atoms. The molecule has 34 heavy (non-hydrogen) atoms. The Hall–Kier alpha value is -3.75. The molecule has 172 valence electrons. The van der Waals surface area contributed by atoms with Crippen molar-refractivity contribution in [2.24, 2.45) is 0 Å². The highest BCUT2D eigenvalue weighted by Crippen LogP contribution is 2.38. The van der Waals surface area contributed by atoms with E-state index in [0.29, 0.717) is 36.3 Å². The zero-order valence-electron chi connectivity index (χ0n) is 18.6. The Kier molecular flexibility index (Phi) is 6.00. The molecule has 1 aliphatic carbocycles. The predicted octanol–water partition coefficient (Wildman–Crippen LogP) is 4.50. The summed E-state index contributed by atoms with van der Waals surface area (Å²) in [6.07, 6.45) is 7.49. The molecule has 2 heterocycles. The molecular formula is C26H24N4O3S. The number of carbonyl (C=O) groups is 2. The van der Waals surface area contributed by atoms with E-state index in [0.717, 1.165) is 26.8 Å². The highest BCUT2D eigenvalue weighted by Gasteiger charge is 2.25. The normalized spacial score (nSPS) is 16.8. The zero-order chi connectivity index (χ0) is 23.7. The second-order valence-electron chi connectivity index (χ2n) is 8.08. The predicted molar refractivity (Wildman–Crippen MR) is 135 cm³/mol. The van der Waals surface area contributed by atoms with E-state index in [2.05, 4.69) is 20.5 Å². The number of para-hydroxylation sites is 1. The number of carbonyl (C=O) groups excluding carboxylic acids is 2. The maximum absolute atomic E-state index is 12.9. The van der Waals surface area contributed by atoms with Crippen LogP contribution in [0.2, 0.25) is 0 Å². The van der Waals surface area contributed by atoms with Crippen LogP contribution >= 0.6 is 11.3 Å². The van der Waals surface area contributed by atoms with Crippen molar-refractivity contribution in [3.05, 3.63) is 87.9 Å². The first-order chi connectivity index (χ1) is 16.5. The van der Waals surface area contributed by atoms with Gasteiger partial charge in [-0.1, -0.05) is 30.4 Å². The van der Waals surface area contributed by atoms with Crippen molar-refractivity contribution >= 4 is 45.8 Å². The van der Waals surface area contributed by atoms with E-state index < -0.39 is 6.10 Å².